The average Bonchev–Trinajstić information content (AvgIpc) is 1.85. The molecule has 0 bridgehead atoms. The van der Waals surface area contributed by atoms with E-state index in [2.05, 4.69) is 22.9 Å². The SMILES string of the molecule is N=C(N)N.N=C(N)N.O=S(=O)([O-])[O-].O=S(=O)([O-])[O-].O=S(=O)([O-])[O-].[Fe+3].[Fe+3]. The van der Waals surface area contributed by atoms with E-state index in [4.69, 9.17) is 63.4 Å². The summed E-state index contributed by atoms with van der Waals surface area (Å²) in [6.45, 7) is 0. The van der Waals surface area contributed by atoms with Crippen LogP contribution in [-0.4, -0.2) is 64.5 Å². The minimum absolute atomic E-state index is 0. The Morgan fingerprint density at radius 2 is 0.520 bits per heavy atom. The summed E-state index contributed by atoms with van der Waals surface area (Å²) in [5.41, 5.74) is 17.9. The van der Waals surface area contributed by atoms with Crippen molar-refractivity contribution in [3.8, 4) is 0 Å². The zero-order valence-corrected chi connectivity index (χ0v) is 15.8. The molecule has 0 aromatic heterocycles. The Morgan fingerprint density at radius 1 is 0.520 bits per heavy atom. The molecule has 2 radical (unpaired) electrons. The van der Waals surface area contributed by atoms with Crippen LogP contribution in [0.5, 0.6) is 0 Å². The van der Waals surface area contributed by atoms with Crippen molar-refractivity contribution in [1.82, 2.24) is 0 Å². The van der Waals surface area contributed by atoms with Crippen LogP contribution in [0.4, 0.5) is 0 Å². The van der Waals surface area contributed by atoms with E-state index in [1.54, 1.807) is 0 Å². The van der Waals surface area contributed by atoms with Gasteiger partial charge in [-0.05, 0) is 0 Å². The number of nitrogens with one attached hydrogen (secondary N) is 2. The van der Waals surface area contributed by atoms with E-state index in [0.29, 0.717) is 0 Å². The van der Waals surface area contributed by atoms with E-state index in [1.165, 1.54) is 0 Å². The van der Waals surface area contributed by atoms with Crippen molar-refractivity contribution in [3.63, 3.8) is 0 Å². The van der Waals surface area contributed by atoms with Gasteiger partial charge in [-0.25, -0.2) is 0 Å². The van der Waals surface area contributed by atoms with E-state index in [1.807, 2.05) is 0 Å². The fourth-order valence-corrected chi connectivity index (χ4v) is 0. The minimum atomic E-state index is -5.17. The summed E-state index contributed by atoms with van der Waals surface area (Å²) in [4.78, 5) is 0. The molecule has 0 spiro atoms. The predicted octanol–water partition coefficient (Wildman–Crippen LogP) is -6.34. The molecule has 0 aliphatic heterocycles. The van der Waals surface area contributed by atoms with E-state index < -0.39 is 31.2 Å². The largest absolute Gasteiger partial charge is 3.00 e. The van der Waals surface area contributed by atoms with Gasteiger partial charge in [0.2, 0.25) is 0 Å². The summed E-state index contributed by atoms with van der Waals surface area (Å²) in [6.07, 6.45) is 0. The summed E-state index contributed by atoms with van der Waals surface area (Å²) in [5.74, 6) is -0.667. The Kier molecular flexibility index (Phi) is 37.4. The van der Waals surface area contributed by atoms with Crippen molar-refractivity contribution in [3.05, 3.63) is 0 Å². The van der Waals surface area contributed by atoms with Crippen molar-refractivity contribution < 1.29 is 86.7 Å². The maximum Gasteiger partial charge on any atom is 3.00 e. The first-order valence-corrected chi connectivity index (χ1v) is 7.65. The van der Waals surface area contributed by atoms with Crippen LogP contribution in [0, 0.1) is 10.8 Å². The third-order valence-corrected chi connectivity index (χ3v) is 0. The first kappa shape index (κ1) is 44.0. The van der Waals surface area contributed by atoms with E-state index in [9.17, 15) is 0 Å². The van der Waals surface area contributed by atoms with Gasteiger partial charge in [-0.15, -0.1) is 0 Å². The molecular weight excluding hydrogens is 508 g/mol. The third kappa shape index (κ3) is 15800. The molecule has 0 aliphatic rings. The molecule has 0 rings (SSSR count). The van der Waals surface area contributed by atoms with Crippen molar-refractivity contribution in [1.29, 1.82) is 10.8 Å². The van der Waals surface area contributed by atoms with Gasteiger partial charge in [0.25, 0.3) is 0 Å². The van der Waals surface area contributed by atoms with Crippen LogP contribution in [0.15, 0.2) is 0 Å². The Bertz CT molecular complexity index is 512. The molecule has 10 N–H and O–H groups in total. The van der Waals surface area contributed by atoms with Gasteiger partial charge < -0.3 is 50.3 Å². The molecule has 0 aromatic rings. The number of guanidine groups is 2. The summed E-state index contributed by atoms with van der Waals surface area (Å²) in [5, 5.41) is 12.1. The molecule has 0 aromatic carbocycles. The Hall–Kier alpha value is -0.811. The van der Waals surface area contributed by atoms with Gasteiger partial charge in [-0.3, -0.25) is 36.1 Å². The molecule has 0 aliphatic carbocycles. The number of nitrogens with two attached hydrogens (primary N) is 4. The Morgan fingerprint density at radius 3 is 0.520 bits per heavy atom. The Balaban J connectivity index is -0.0000000319. The maximum atomic E-state index is 8.52. The number of rotatable bonds is 0. The minimum Gasteiger partial charge on any atom is -0.759 e. The topological polar surface area (TPSA) is 393 Å². The van der Waals surface area contributed by atoms with E-state index >= 15 is 0 Å². The van der Waals surface area contributed by atoms with Crippen molar-refractivity contribution >= 4 is 43.1 Å². The van der Waals surface area contributed by atoms with Gasteiger partial charge in [-0.2, -0.15) is 0 Å². The number of hydrogen-bond acceptors (Lipinski definition) is 14. The Labute approximate surface area is 163 Å². The zero-order valence-electron chi connectivity index (χ0n) is 11.1. The molecule has 0 saturated carbocycles. The molecule has 0 unspecified atom stereocenters. The molecule has 0 fully saturated rings. The average molecular weight is 518 g/mol. The zero-order chi connectivity index (χ0) is 20.7. The smallest absolute Gasteiger partial charge is 0.759 e. The quantitative estimate of drug-likeness (QED) is 0.0570. The molecule has 0 amide bonds. The van der Waals surface area contributed by atoms with Crippen molar-refractivity contribution in [2.24, 2.45) is 22.9 Å². The van der Waals surface area contributed by atoms with Gasteiger partial charge in [-0.1, -0.05) is 0 Å². The fourth-order valence-electron chi connectivity index (χ4n) is 0. The third-order valence-electron chi connectivity index (χ3n) is 0. The van der Waals surface area contributed by atoms with Gasteiger partial charge >= 0.3 is 34.1 Å². The molecule has 23 heteroatoms. The van der Waals surface area contributed by atoms with E-state index in [-0.39, 0.29) is 46.1 Å². The fraction of sp³-hybridized carbons (Fsp3) is 0. The van der Waals surface area contributed by atoms with Crippen LogP contribution >= 0.6 is 0 Å². The maximum absolute atomic E-state index is 8.52. The molecule has 18 nitrogen and oxygen atoms in total. The van der Waals surface area contributed by atoms with Crippen LogP contribution in [0.3, 0.4) is 0 Å². The monoisotopic (exact) mass is 518 g/mol. The second-order valence-corrected chi connectivity index (χ2v) is 4.58. The van der Waals surface area contributed by atoms with Gasteiger partial charge in [0.05, 0.1) is 0 Å². The van der Waals surface area contributed by atoms with Crippen LogP contribution in [0.2, 0.25) is 0 Å². The molecule has 0 heterocycles. The standard InChI is InChI=1S/2CH5N3.2Fe.3H2O4S/c2*2-1(3)4;;;3*1-5(2,3)4/h2*(H5,2,3,4);;;3*(H2,1,2,3,4)/q;;2*+3;;;/p-6. The molecule has 0 saturated heterocycles. The van der Waals surface area contributed by atoms with Crippen LogP contribution in [-0.2, 0) is 65.3 Å². The van der Waals surface area contributed by atoms with E-state index in [0.717, 1.165) is 0 Å². The van der Waals surface area contributed by atoms with Crippen LogP contribution < -0.4 is 22.9 Å². The van der Waals surface area contributed by atoms with Crippen molar-refractivity contribution in [2.75, 3.05) is 0 Å². The second kappa shape index (κ2) is 21.2. The van der Waals surface area contributed by atoms with Crippen LogP contribution in [0.25, 0.3) is 0 Å². The summed E-state index contributed by atoms with van der Waals surface area (Å²) < 4.78 is 102. The first-order valence-electron chi connectivity index (χ1n) is 3.65. The normalized spacial score (nSPS) is 8.88. The predicted molar refractivity (Wildman–Crippen MR) is 63.6 cm³/mol. The number of hydrogen-bond donors (Lipinski definition) is 6. The molecule has 0 atom stereocenters. The van der Waals surface area contributed by atoms with Crippen LogP contribution in [0.1, 0.15) is 0 Å². The summed E-state index contributed by atoms with van der Waals surface area (Å²) >= 11 is 0. The molecule has 154 valence electrons. The van der Waals surface area contributed by atoms with Gasteiger partial charge in [0.1, 0.15) is 0 Å². The summed E-state index contributed by atoms with van der Waals surface area (Å²) in [7, 11) is -15.5. The van der Waals surface area contributed by atoms with Gasteiger partial charge in [0, 0.05) is 31.2 Å². The summed E-state index contributed by atoms with van der Waals surface area (Å²) in [6, 6.07) is 0. The molecular formula is C2H10Fe2N6O12S3. The van der Waals surface area contributed by atoms with Gasteiger partial charge in [0.15, 0.2) is 11.9 Å². The second-order valence-electron chi connectivity index (χ2n) is 2.14. The molecule has 25 heavy (non-hydrogen) atoms. The van der Waals surface area contributed by atoms with Crippen molar-refractivity contribution in [2.45, 2.75) is 0 Å². The first-order chi connectivity index (χ1) is 9.46.